The van der Waals surface area contributed by atoms with Crippen molar-refractivity contribution in [3.8, 4) is 0 Å². The molecule has 2 nitrogen and oxygen atoms in total. The van der Waals surface area contributed by atoms with Crippen LogP contribution in [-0.4, -0.2) is 11.0 Å². The average molecular weight is 282 g/mol. The third-order valence-corrected chi connectivity index (χ3v) is 4.04. The summed E-state index contributed by atoms with van der Waals surface area (Å²) in [4.78, 5) is 4.42. The molecule has 0 aliphatic carbocycles. The molecule has 21 heavy (non-hydrogen) atoms. The second kappa shape index (κ2) is 6.86. The second-order valence-corrected chi connectivity index (χ2v) is 6.50. The van der Waals surface area contributed by atoms with E-state index in [9.17, 15) is 0 Å². The lowest BCUT2D eigenvalue weighted by molar-refractivity contribution is 0.364. The lowest BCUT2D eigenvalue weighted by Crippen LogP contribution is -2.35. The van der Waals surface area contributed by atoms with Crippen LogP contribution in [0, 0.1) is 0 Å². The molecule has 0 bridgehead atoms. The first kappa shape index (κ1) is 15.7. The summed E-state index contributed by atoms with van der Waals surface area (Å²) in [6.07, 6.45) is 2.94. The van der Waals surface area contributed by atoms with Crippen molar-refractivity contribution in [1.29, 1.82) is 0 Å². The molecule has 2 aromatic rings. The molecule has 1 heterocycles. The number of hydrogen-bond acceptors (Lipinski definition) is 2. The largest absolute Gasteiger partial charge is 0.306 e. The van der Waals surface area contributed by atoms with Crippen LogP contribution in [0.15, 0.2) is 54.7 Å². The fourth-order valence-corrected chi connectivity index (χ4v) is 2.98. The van der Waals surface area contributed by atoms with E-state index in [0.29, 0.717) is 6.04 Å². The van der Waals surface area contributed by atoms with Crippen LogP contribution < -0.4 is 5.32 Å². The molecule has 2 heteroatoms. The minimum Gasteiger partial charge on any atom is -0.306 e. The molecule has 1 aromatic carbocycles. The van der Waals surface area contributed by atoms with E-state index >= 15 is 0 Å². The Hall–Kier alpha value is -1.67. The molecule has 1 N–H and O–H groups in total. The van der Waals surface area contributed by atoms with Crippen molar-refractivity contribution >= 4 is 0 Å². The van der Waals surface area contributed by atoms with Gasteiger partial charge in [-0.05, 0) is 43.4 Å². The molecular formula is C19H26N2. The van der Waals surface area contributed by atoms with Gasteiger partial charge in [0.25, 0.3) is 0 Å². The van der Waals surface area contributed by atoms with Gasteiger partial charge in [0.2, 0.25) is 0 Å². The van der Waals surface area contributed by atoms with E-state index in [1.54, 1.807) is 0 Å². The molecule has 0 radical (unpaired) electrons. The van der Waals surface area contributed by atoms with Crippen LogP contribution in [0.2, 0.25) is 0 Å². The average Bonchev–Trinajstić information content (AvgIpc) is 2.48. The van der Waals surface area contributed by atoms with Gasteiger partial charge in [0.1, 0.15) is 0 Å². The number of benzene rings is 1. The van der Waals surface area contributed by atoms with E-state index in [1.807, 2.05) is 18.3 Å². The summed E-state index contributed by atoms with van der Waals surface area (Å²) in [7, 11) is 0. The highest BCUT2D eigenvalue weighted by atomic mass is 15.0. The number of nitrogens with zero attached hydrogens (tertiary/aromatic N) is 1. The molecule has 0 saturated carbocycles. The molecule has 0 amide bonds. The van der Waals surface area contributed by atoms with Gasteiger partial charge in [0.05, 0.1) is 5.69 Å². The van der Waals surface area contributed by atoms with Crippen molar-refractivity contribution in [2.75, 3.05) is 0 Å². The van der Waals surface area contributed by atoms with Crippen molar-refractivity contribution in [3.05, 3.63) is 66.0 Å². The monoisotopic (exact) mass is 282 g/mol. The third kappa shape index (κ3) is 4.40. The summed E-state index contributed by atoms with van der Waals surface area (Å²) >= 11 is 0. The van der Waals surface area contributed by atoms with Gasteiger partial charge in [-0.1, -0.05) is 50.2 Å². The zero-order chi connectivity index (χ0) is 15.3. The van der Waals surface area contributed by atoms with Gasteiger partial charge in [-0.15, -0.1) is 0 Å². The molecule has 0 saturated heterocycles. The van der Waals surface area contributed by atoms with Crippen molar-refractivity contribution in [3.63, 3.8) is 0 Å². The summed E-state index contributed by atoms with van der Waals surface area (Å²) in [6, 6.07) is 17.5. The Balaban J connectivity index is 1.97. The maximum atomic E-state index is 4.42. The summed E-state index contributed by atoms with van der Waals surface area (Å²) in [6.45, 7) is 9.05. The quantitative estimate of drug-likeness (QED) is 0.844. The summed E-state index contributed by atoms with van der Waals surface area (Å²) in [5.74, 6) is 0. The first-order valence-electron chi connectivity index (χ1n) is 7.71. The SMILES string of the molecule is CC(CC(C)(C)c1ccccc1)N[C@@H](C)c1ccccn1. The highest BCUT2D eigenvalue weighted by Gasteiger charge is 2.24. The molecule has 112 valence electrons. The highest BCUT2D eigenvalue weighted by Crippen LogP contribution is 2.28. The van der Waals surface area contributed by atoms with Gasteiger partial charge >= 0.3 is 0 Å². The maximum absolute atomic E-state index is 4.42. The topological polar surface area (TPSA) is 24.9 Å². The van der Waals surface area contributed by atoms with Gasteiger partial charge in [-0.3, -0.25) is 4.98 Å². The fourth-order valence-electron chi connectivity index (χ4n) is 2.98. The molecule has 0 aliphatic rings. The van der Waals surface area contributed by atoms with Gasteiger partial charge in [-0.2, -0.15) is 0 Å². The fraction of sp³-hybridized carbons (Fsp3) is 0.421. The number of nitrogens with one attached hydrogen (secondary N) is 1. The molecule has 0 fully saturated rings. The number of rotatable bonds is 6. The van der Waals surface area contributed by atoms with Crippen LogP contribution in [0.3, 0.4) is 0 Å². The number of aromatic nitrogens is 1. The van der Waals surface area contributed by atoms with Crippen LogP contribution in [0.5, 0.6) is 0 Å². The Morgan fingerprint density at radius 2 is 1.67 bits per heavy atom. The third-order valence-electron chi connectivity index (χ3n) is 4.04. The van der Waals surface area contributed by atoms with Crippen LogP contribution in [0.25, 0.3) is 0 Å². The Morgan fingerprint density at radius 1 is 1.00 bits per heavy atom. The zero-order valence-corrected chi connectivity index (χ0v) is 13.5. The number of pyridine rings is 1. The predicted molar refractivity (Wildman–Crippen MR) is 89.3 cm³/mol. The molecule has 0 aliphatic heterocycles. The predicted octanol–water partition coefficient (Wildman–Crippen LogP) is 4.49. The van der Waals surface area contributed by atoms with Crippen LogP contribution in [0.4, 0.5) is 0 Å². The Morgan fingerprint density at radius 3 is 2.29 bits per heavy atom. The highest BCUT2D eigenvalue weighted by molar-refractivity contribution is 5.23. The Bertz CT molecular complexity index is 534. The molecule has 2 rings (SSSR count). The maximum Gasteiger partial charge on any atom is 0.0570 e. The van der Waals surface area contributed by atoms with E-state index in [0.717, 1.165) is 12.1 Å². The van der Waals surface area contributed by atoms with E-state index in [-0.39, 0.29) is 11.5 Å². The molecular weight excluding hydrogens is 256 g/mol. The van der Waals surface area contributed by atoms with Gasteiger partial charge in [-0.25, -0.2) is 0 Å². The molecule has 1 unspecified atom stereocenters. The molecule has 2 atom stereocenters. The minimum absolute atomic E-state index is 0.164. The van der Waals surface area contributed by atoms with E-state index in [1.165, 1.54) is 5.56 Å². The standard InChI is InChI=1S/C19H26N2/c1-15(21-16(2)18-12-8-9-13-20-18)14-19(3,4)17-10-6-5-7-11-17/h5-13,15-16,21H,14H2,1-4H3/t15?,16-/m0/s1. The first-order chi connectivity index (χ1) is 9.99. The number of hydrogen-bond donors (Lipinski definition) is 1. The lowest BCUT2D eigenvalue weighted by Gasteiger charge is -2.30. The second-order valence-electron chi connectivity index (χ2n) is 6.50. The van der Waals surface area contributed by atoms with Gasteiger partial charge in [0, 0.05) is 18.3 Å². The van der Waals surface area contributed by atoms with Crippen molar-refractivity contribution < 1.29 is 0 Å². The van der Waals surface area contributed by atoms with Gasteiger partial charge in [0.15, 0.2) is 0 Å². The Kier molecular flexibility index (Phi) is 5.13. The van der Waals surface area contributed by atoms with Crippen LogP contribution in [-0.2, 0) is 5.41 Å². The normalized spacial score (nSPS) is 14.7. The van der Waals surface area contributed by atoms with Crippen molar-refractivity contribution in [2.24, 2.45) is 0 Å². The van der Waals surface area contributed by atoms with Crippen LogP contribution >= 0.6 is 0 Å². The summed E-state index contributed by atoms with van der Waals surface area (Å²) < 4.78 is 0. The van der Waals surface area contributed by atoms with Crippen LogP contribution in [0.1, 0.15) is 51.4 Å². The zero-order valence-electron chi connectivity index (χ0n) is 13.5. The van der Waals surface area contributed by atoms with E-state index < -0.39 is 0 Å². The first-order valence-corrected chi connectivity index (χ1v) is 7.71. The molecule has 0 spiro atoms. The summed E-state index contributed by atoms with van der Waals surface area (Å²) in [5, 5.41) is 3.66. The lowest BCUT2D eigenvalue weighted by atomic mass is 9.79. The Labute approximate surface area is 128 Å². The van der Waals surface area contributed by atoms with E-state index in [2.05, 4.69) is 74.4 Å². The molecule has 1 aromatic heterocycles. The van der Waals surface area contributed by atoms with Crippen molar-refractivity contribution in [2.45, 2.75) is 51.6 Å². The van der Waals surface area contributed by atoms with E-state index in [4.69, 9.17) is 0 Å². The summed E-state index contributed by atoms with van der Waals surface area (Å²) in [5.41, 5.74) is 2.66. The smallest absolute Gasteiger partial charge is 0.0570 e. The van der Waals surface area contributed by atoms with Crippen molar-refractivity contribution in [1.82, 2.24) is 10.3 Å². The van der Waals surface area contributed by atoms with Gasteiger partial charge < -0.3 is 5.32 Å². The minimum atomic E-state index is 0.164.